The predicted octanol–water partition coefficient (Wildman–Crippen LogP) is 5.77. The molecule has 25 heavy (non-hydrogen) atoms. The summed E-state index contributed by atoms with van der Waals surface area (Å²) in [6.45, 7) is 11.1. The third kappa shape index (κ3) is 4.01. The molecule has 2 heterocycles. The molecule has 132 valence electrons. The maximum atomic E-state index is 13.7. The van der Waals surface area contributed by atoms with Crippen LogP contribution in [0.5, 0.6) is 0 Å². The van der Waals surface area contributed by atoms with Gasteiger partial charge in [0, 0.05) is 17.3 Å². The second-order valence-electron chi connectivity index (χ2n) is 8.49. The zero-order valence-electron chi connectivity index (χ0n) is 15.6. The standard InChI is InChI=1S/C21H26FN3/c1-20(2,3)14-21(4,5)24-19-18(15-9-8-10-16(22)13-15)23-17-11-6-7-12-25(17)19/h6-13,24H,14H2,1-5H3. The molecule has 3 aromatic rings. The molecule has 0 unspecified atom stereocenters. The highest BCUT2D eigenvalue weighted by Crippen LogP contribution is 2.34. The average molecular weight is 339 g/mol. The number of nitrogens with zero attached hydrogens (tertiary/aromatic N) is 2. The molecule has 3 rings (SSSR count). The number of nitrogens with one attached hydrogen (secondary N) is 1. The second kappa shape index (κ2) is 6.17. The van der Waals surface area contributed by atoms with Crippen LogP contribution < -0.4 is 5.32 Å². The Labute approximate surface area is 148 Å². The summed E-state index contributed by atoms with van der Waals surface area (Å²) in [6, 6.07) is 12.5. The van der Waals surface area contributed by atoms with Crippen LogP contribution in [0.4, 0.5) is 10.2 Å². The molecule has 1 N–H and O–H groups in total. The van der Waals surface area contributed by atoms with E-state index in [0.717, 1.165) is 29.1 Å². The van der Waals surface area contributed by atoms with Crippen LogP contribution in [0.1, 0.15) is 41.0 Å². The molecule has 0 aliphatic carbocycles. The van der Waals surface area contributed by atoms with Crippen molar-refractivity contribution < 1.29 is 4.39 Å². The Balaban J connectivity index is 2.11. The third-order valence-corrected chi connectivity index (χ3v) is 4.06. The first kappa shape index (κ1) is 17.5. The van der Waals surface area contributed by atoms with E-state index in [9.17, 15) is 4.39 Å². The minimum absolute atomic E-state index is 0.133. The number of aromatic nitrogens is 2. The lowest BCUT2D eigenvalue weighted by molar-refractivity contribution is 0.302. The minimum atomic E-state index is -0.255. The Kier molecular flexibility index (Phi) is 4.31. The highest BCUT2D eigenvalue weighted by Gasteiger charge is 2.28. The molecular weight excluding hydrogens is 313 g/mol. The van der Waals surface area contributed by atoms with E-state index in [4.69, 9.17) is 4.98 Å². The van der Waals surface area contributed by atoms with Crippen LogP contribution in [0, 0.1) is 11.2 Å². The fourth-order valence-corrected chi connectivity index (χ4v) is 3.64. The maximum Gasteiger partial charge on any atom is 0.139 e. The molecule has 1 aromatic carbocycles. The van der Waals surface area contributed by atoms with E-state index < -0.39 is 0 Å². The highest BCUT2D eigenvalue weighted by molar-refractivity contribution is 5.77. The summed E-state index contributed by atoms with van der Waals surface area (Å²) in [5.74, 6) is 0.643. The van der Waals surface area contributed by atoms with Crippen molar-refractivity contribution in [2.75, 3.05) is 5.32 Å². The molecule has 2 aromatic heterocycles. The van der Waals surface area contributed by atoms with Crippen molar-refractivity contribution in [1.82, 2.24) is 9.38 Å². The van der Waals surface area contributed by atoms with Crippen molar-refractivity contribution >= 4 is 11.5 Å². The van der Waals surface area contributed by atoms with Crippen LogP contribution in [-0.4, -0.2) is 14.9 Å². The molecule has 0 amide bonds. The molecule has 0 spiro atoms. The first-order valence-electron chi connectivity index (χ1n) is 8.66. The number of anilines is 1. The maximum absolute atomic E-state index is 13.7. The van der Waals surface area contributed by atoms with E-state index in [1.807, 2.05) is 34.9 Å². The Morgan fingerprint density at radius 3 is 2.48 bits per heavy atom. The molecule has 0 aliphatic rings. The van der Waals surface area contributed by atoms with Crippen LogP contribution in [0.15, 0.2) is 48.7 Å². The van der Waals surface area contributed by atoms with Crippen molar-refractivity contribution in [2.24, 2.45) is 5.41 Å². The summed E-state index contributed by atoms with van der Waals surface area (Å²) in [7, 11) is 0. The number of benzene rings is 1. The summed E-state index contributed by atoms with van der Waals surface area (Å²) in [4.78, 5) is 4.74. The average Bonchev–Trinajstić information content (AvgIpc) is 2.83. The van der Waals surface area contributed by atoms with Gasteiger partial charge in [0.15, 0.2) is 0 Å². The number of hydrogen-bond acceptors (Lipinski definition) is 2. The number of halogens is 1. The normalized spacial score (nSPS) is 12.6. The molecule has 0 bridgehead atoms. The van der Waals surface area contributed by atoms with Gasteiger partial charge < -0.3 is 5.32 Å². The van der Waals surface area contributed by atoms with Gasteiger partial charge in [-0.1, -0.05) is 39.0 Å². The van der Waals surface area contributed by atoms with Crippen LogP contribution in [-0.2, 0) is 0 Å². The zero-order valence-corrected chi connectivity index (χ0v) is 15.6. The van der Waals surface area contributed by atoms with Crippen molar-refractivity contribution in [2.45, 2.75) is 46.6 Å². The van der Waals surface area contributed by atoms with Crippen LogP contribution in [0.25, 0.3) is 16.9 Å². The smallest absolute Gasteiger partial charge is 0.139 e. The largest absolute Gasteiger partial charge is 0.364 e. The summed E-state index contributed by atoms with van der Waals surface area (Å²) >= 11 is 0. The molecule has 0 atom stereocenters. The number of imidazole rings is 1. The fourth-order valence-electron chi connectivity index (χ4n) is 3.64. The van der Waals surface area contributed by atoms with Crippen molar-refractivity contribution in [1.29, 1.82) is 0 Å². The third-order valence-electron chi connectivity index (χ3n) is 4.06. The lowest BCUT2D eigenvalue weighted by Gasteiger charge is -2.34. The summed E-state index contributed by atoms with van der Waals surface area (Å²) < 4.78 is 15.8. The van der Waals surface area contributed by atoms with E-state index in [0.29, 0.717) is 0 Å². The molecule has 0 radical (unpaired) electrons. The van der Waals surface area contributed by atoms with Gasteiger partial charge in [0.05, 0.1) is 0 Å². The molecule has 0 aliphatic heterocycles. The quantitative estimate of drug-likeness (QED) is 0.654. The number of hydrogen-bond donors (Lipinski definition) is 1. The Hall–Kier alpha value is -2.36. The summed E-state index contributed by atoms with van der Waals surface area (Å²) in [5, 5.41) is 3.66. The van der Waals surface area contributed by atoms with Gasteiger partial charge >= 0.3 is 0 Å². The summed E-state index contributed by atoms with van der Waals surface area (Å²) in [5.41, 5.74) is 2.45. The topological polar surface area (TPSA) is 29.3 Å². The number of fused-ring (bicyclic) bond motifs is 1. The predicted molar refractivity (Wildman–Crippen MR) is 102 cm³/mol. The zero-order chi connectivity index (χ0) is 18.2. The van der Waals surface area contributed by atoms with Gasteiger partial charge in [0.25, 0.3) is 0 Å². The van der Waals surface area contributed by atoms with Gasteiger partial charge in [0.2, 0.25) is 0 Å². The monoisotopic (exact) mass is 339 g/mol. The Bertz CT molecular complexity index is 888. The lowest BCUT2D eigenvalue weighted by Crippen LogP contribution is -2.36. The van der Waals surface area contributed by atoms with Gasteiger partial charge in [-0.2, -0.15) is 0 Å². The Morgan fingerprint density at radius 1 is 1.04 bits per heavy atom. The van der Waals surface area contributed by atoms with Gasteiger partial charge in [-0.15, -0.1) is 0 Å². The molecule has 0 saturated heterocycles. The first-order valence-corrected chi connectivity index (χ1v) is 8.66. The van der Waals surface area contributed by atoms with Crippen LogP contribution in [0.2, 0.25) is 0 Å². The fraction of sp³-hybridized carbons (Fsp3) is 0.381. The molecule has 0 fully saturated rings. The first-order chi connectivity index (χ1) is 11.6. The van der Waals surface area contributed by atoms with Crippen molar-refractivity contribution in [3.05, 3.63) is 54.5 Å². The van der Waals surface area contributed by atoms with E-state index in [-0.39, 0.29) is 16.8 Å². The van der Waals surface area contributed by atoms with Gasteiger partial charge in [-0.05, 0) is 49.9 Å². The lowest BCUT2D eigenvalue weighted by atomic mass is 9.82. The highest BCUT2D eigenvalue weighted by atomic mass is 19.1. The molecule has 4 heteroatoms. The van der Waals surface area contributed by atoms with Crippen molar-refractivity contribution in [3.8, 4) is 11.3 Å². The SMILES string of the molecule is CC(C)(C)CC(C)(C)Nc1c(-c2cccc(F)c2)nc2ccccn12. The van der Waals surface area contributed by atoms with E-state index in [2.05, 4.69) is 39.9 Å². The second-order valence-corrected chi connectivity index (χ2v) is 8.49. The van der Waals surface area contributed by atoms with Crippen LogP contribution >= 0.6 is 0 Å². The van der Waals surface area contributed by atoms with E-state index >= 15 is 0 Å². The summed E-state index contributed by atoms with van der Waals surface area (Å²) in [6.07, 6.45) is 2.98. The number of rotatable bonds is 4. The van der Waals surface area contributed by atoms with Gasteiger partial charge in [0.1, 0.15) is 23.0 Å². The molecular formula is C21H26FN3. The van der Waals surface area contributed by atoms with Crippen LogP contribution in [0.3, 0.4) is 0 Å². The van der Waals surface area contributed by atoms with Gasteiger partial charge in [-0.25, -0.2) is 9.37 Å². The van der Waals surface area contributed by atoms with Gasteiger partial charge in [-0.3, -0.25) is 4.40 Å². The minimum Gasteiger partial charge on any atom is -0.364 e. The molecule has 0 saturated carbocycles. The number of pyridine rings is 1. The van der Waals surface area contributed by atoms with E-state index in [1.54, 1.807) is 6.07 Å². The van der Waals surface area contributed by atoms with Crippen molar-refractivity contribution in [3.63, 3.8) is 0 Å². The Morgan fingerprint density at radius 2 is 1.80 bits per heavy atom. The van der Waals surface area contributed by atoms with E-state index in [1.165, 1.54) is 12.1 Å². The molecule has 3 nitrogen and oxygen atoms in total.